The van der Waals surface area contributed by atoms with Crippen molar-refractivity contribution in [2.75, 3.05) is 44.2 Å². The van der Waals surface area contributed by atoms with E-state index in [9.17, 15) is 13.2 Å². The number of aromatic nitrogens is 2. The van der Waals surface area contributed by atoms with Crippen LogP contribution in [0.1, 0.15) is 32.7 Å². The molecule has 1 aromatic carbocycles. The minimum atomic E-state index is -3.71. The zero-order valence-electron chi connectivity index (χ0n) is 18.5. The summed E-state index contributed by atoms with van der Waals surface area (Å²) in [5.74, 6) is -0.271. The fourth-order valence-corrected chi connectivity index (χ4v) is 5.97. The van der Waals surface area contributed by atoms with Crippen LogP contribution in [0, 0.1) is 5.92 Å². The molecule has 1 aromatic heterocycles. The highest BCUT2D eigenvalue weighted by molar-refractivity contribution is 7.89. The molecule has 3 heterocycles. The second-order valence-corrected chi connectivity index (χ2v) is 11.1. The van der Waals surface area contributed by atoms with Gasteiger partial charge in [-0.15, -0.1) is 0 Å². The standard InChI is InChI=1S/C22H30ClN5O3S/c1-17(2)27-15-21(24-16-27)32(30,31)28-8-4-5-18(14-28)22(29)26-11-9-25(10-12-26)20-7-3-6-19(23)13-20/h3,6-7,13,15-18H,4-5,8-12,14H2,1-2H3. The molecule has 1 atom stereocenters. The van der Waals surface area contributed by atoms with Gasteiger partial charge in [-0.3, -0.25) is 4.79 Å². The molecule has 2 aromatic rings. The summed E-state index contributed by atoms with van der Waals surface area (Å²) in [6.07, 6.45) is 4.49. The number of carbonyl (C=O) groups excluding carboxylic acids is 1. The number of amides is 1. The van der Waals surface area contributed by atoms with Crippen molar-refractivity contribution < 1.29 is 13.2 Å². The zero-order chi connectivity index (χ0) is 22.9. The van der Waals surface area contributed by atoms with Crippen molar-refractivity contribution in [3.05, 3.63) is 41.8 Å². The molecule has 10 heteroatoms. The highest BCUT2D eigenvalue weighted by Crippen LogP contribution is 2.26. The van der Waals surface area contributed by atoms with E-state index in [0.717, 1.165) is 18.8 Å². The van der Waals surface area contributed by atoms with Gasteiger partial charge in [-0.2, -0.15) is 4.31 Å². The van der Waals surface area contributed by atoms with E-state index in [-0.39, 0.29) is 29.4 Å². The van der Waals surface area contributed by atoms with Gasteiger partial charge in [0, 0.05) is 62.2 Å². The van der Waals surface area contributed by atoms with Crippen LogP contribution in [0.3, 0.4) is 0 Å². The molecule has 0 saturated carbocycles. The number of nitrogens with zero attached hydrogens (tertiary/aromatic N) is 5. The molecule has 0 bridgehead atoms. The van der Waals surface area contributed by atoms with Crippen LogP contribution in [0.5, 0.6) is 0 Å². The lowest BCUT2D eigenvalue weighted by Gasteiger charge is -2.39. The molecular formula is C22H30ClN5O3S. The van der Waals surface area contributed by atoms with Gasteiger partial charge >= 0.3 is 0 Å². The van der Waals surface area contributed by atoms with Crippen LogP contribution in [0.15, 0.2) is 41.8 Å². The van der Waals surface area contributed by atoms with Crippen molar-refractivity contribution in [1.82, 2.24) is 18.8 Å². The van der Waals surface area contributed by atoms with Gasteiger partial charge in [0.25, 0.3) is 10.0 Å². The van der Waals surface area contributed by atoms with Crippen LogP contribution < -0.4 is 4.90 Å². The van der Waals surface area contributed by atoms with E-state index in [1.54, 1.807) is 17.1 Å². The van der Waals surface area contributed by atoms with Gasteiger partial charge in [0.05, 0.1) is 12.2 Å². The van der Waals surface area contributed by atoms with Crippen LogP contribution >= 0.6 is 11.6 Å². The summed E-state index contributed by atoms with van der Waals surface area (Å²) in [6, 6.07) is 7.86. The van der Waals surface area contributed by atoms with Gasteiger partial charge in [0.1, 0.15) is 0 Å². The van der Waals surface area contributed by atoms with E-state index in [4.69, 9.17) is 11.6 Å². The first kappa shape index (κ1) is 23.1. The molecule has 0 spiro atoms. The molecule has 0 N–H and O–H groups in total. The maximum Gasteiger partial charge on any atom is 0.262 e. The molecule has 2 aliphatic rings. The Balaban J connectivity index is 1.38. The van der Waals surface area contributed by atoms with Crippen LogP contribution in [-0.4, -0.2) is 72.3 Å². The van der Waals surface area contributed by atoms with Gasteiger partial charge in [0.2, 0.25) is 5.91 Å². The lowest BCUT2D eigenvalue weighted by atomic mass is 9.97. The Bertz CT molecular complexity index is 1060. The van der Waals surface area contributed by atoms with Crippen molar-refractivity contribution in [3.8, 4) is 0 Å². The third-order valence-corrected chi connectivity index (χ3v) is 8.26. The topological polar surface area (TPSA) is 78.8 Å². The summed E-state index contributed by atoms with van der Waals surface area (Å²) in [5.41, 5.74) is 1.06. The van der Waals surface area contributed by atoms with Crippen molar-refractivity contribution in [2.24, 2.45) is 5.92 Å². The lowest BCUT2D eigenvalue weighted by Crippen LogP contribution is -2.53. The van der Waals surface area contributed by atoms with E-state index in [2.05, 4.69) is 9.88 Å². The number of imidazole rings is 1. The van der Waals surface area contributed by atoms with Gasteiger partial charge < -0.3 is 14.4 Å². The van der Waals surface area contributed by atoms with E-state index >= 15 is 0 Å². The second-order valence-electron chi connectivity index (χ2n) is 8.75. The Labute approximate surface area is 194 Å². The molecule has 2 aliphatic heterocycles. The molecule has 1 amide bonds. The zero-order valence-corrected chi connectivity index (χ0v) is 20.1. The quantitative estimate of drug-likeness (QED) is 0.658. The van der Waals surface area contributed by atoms with Crippen molar-refractivity contribution in [2.45, 2.75) is 37.8 Å². The summed E-state index contributed by atoms with van der Waals surface area (Å²) < 4.78 is 29.4. The lowest BCUT2D eigenvalue weighted by molar-refractivity contribution is -0.137. The van der Waals surface area contributed by atoms with E-state index in [1.165, 1.54) is 4.31 Å². The third-order valence-electron chi connectivity index (χ3n) is 6.28. The number of piperidine rings is 1. The Morgan fingerprint density at radius 2 is 1.91 bits per heavy atom. The first-order valence-corrected chi connectivity index (χ1v) is 12.9. The first-order valence-electron chi connectivity index (χ1n) is 11.1. The maximum atomic E-state index is 13.2. The molecule has 32 heavy (non-hydrogen) atoms. The van der Waals surface area contributed by atoms with Gasteiger partial charge in [-0.25, -0.2) is 13.4 Å². The number of halogens is 1. The minimum absolute atomic E-state index is 0.0448. The predicted octanol–water partition coefficient (Wildman–Crippen LogP) is 2.87. The molecule has 4 rings (SSSR count). The van der Waals surface area contributed by atoms with E-state index in [0.29, 0.717) is 37.5 Å². The molecule has 0 radical (unpaired) electrons. The molecule has 2 fully saturated rings. The van der Waals surface area contributed by atoms with Crippen LogP contribution in [0.25, 0.3) is 0 Å². The number of sulfonamides is 1. The van der Waals surface area contributed by atoms with Crippen molar-refractivity contribution in [3.63, 3.8) is 0 Å². The SMILES string of the molecule is CC(C)n1cnc(S(=O)(=O)N2CCCC(C(=O)N3CCN(c4cccc(Cl)c4)CC3)C2)c1. The van der Waals surface area contributed by atoms with Gasteiger partial charge in [-0.1, -0.05) is 17.7 Å². The fourth-order valence-electron chi connectivity index (χ4n) is 4.34. The summed E-state index contributed by atoms with van der Waals surface area (Å²) in [5, 5.41) is 0.747. The number of hydrogen-bond donors (Lipinski definition) is 0. The summed E-state index contributed by atoms with van der Waals surface area (Å²) in [6.45, 7) is 7.27. The second kappa shape index (κ2) is 9.41. The monoisotopic (exact) mass is 479 g/mol. The highest BCUT2D eigenvalue weighted by Gasteiger charge is 2.36. The highest BCUT2D eigenvalue weighted by atomic mass is 35.5. The number of rotatable bonds is 5. The number of carbonyl (C=O) groups is 1. The van der Waals surface area contributed by atoms with Crippen LogP contribution in [0.4, 0.5) is 5.69 Å². The summed E-state index contributed by atoms with van der Waals surface area (Å²) >= 11 is 6.11. The Hall–Kier alpha value is -2.10. The number of benzene rings is 1. The average molecular weight is 480 g/mol. The molecule has 2 saturated heterocycles. The Morgan fingerprint density at radius 3 is 2.56 bits per heavy atom. The first-order chi connectivity index (χ1) is 15.3. The van der Waals surface area contributed by atoms with Gasteiger partial charge in [0.15, 0.2) is 5.03 Å². The number of piperazine rings is 1. The molecule has 1 unspecified atom stereocenters. The van der Waals surface area contributed by atoms with Crippen molar-refractivity contribution >= 4 is 33.2 Å². The molecular weight excluding hydrogens is 450 g/mol. The molecule has 0 aliphatic carbocycles. The molecule has 8 nitrogen and oxygen atoms in total. The normalized spacial score (nSPS) is 20.7. The van der Waals surface area contributed by atoms with Crippen molar-refractivity contribution in [1.29, 1.82) is 0 Å². The number of anilines is 1. The summed E-state index contributed by atoms with van der Waals surface area (Å²) in [7, 11) is -3.71. The number of hydrogen-bond acceptors (Lipinski definition) is 5. The summed E-state index contributed by atoms with van der Waals surface area (Å²) in [4.78, 5) is 21.4. The molecule has 174 valence electrons. The largest absolute Gasteiger partial charge is 0.368 e. The van der Waals surface area contributed by atoms with Gasteiger partial charge in [-0.05, 0) is 44.9 Å². The smallest absolute Gasteiger partial charge is 0.262 e. The van der Waals surface area contributed by atoms with Crippen LogP contribution in [-0.2, 0) is 14.8 Å². The maximum absolute atomic E-state index is 13.2. The average Bonchev–Trinajstić information content (AvgIpc) is 3.31. The fraction of sp³-hybridized carbons (Fsp3) is 0.545. The third kappa shape index (κ3) is 4.79. The Kier molecular flexibility index (Phi) is 6.78. The van der Waals surface area contributed by atoms with Crippen LogP contribution in [0.2, 0.25) is 5.02 Å². The predicted molar refractivity (Wildman–Crippen MR) is 124 cm³/mol. The van der Waals surface area contributed by atoms with E-state index in [1.807, 2.05) is 43.0 Å². The van der Waals surface area contributed by atoms with E-state index < -0.39 is 10.0 Å². The minimum Gasteiger partial charge on any atom is -0.368 e. The Morgan fingerprint density at radius 1 is 1.16 bits per heavy atom.